The van der Waals surface area contributed by atoms with Gasteiger partial charge in [-0.2, -0.15) is 0 Å². The zero-order valence-corrected chi connectivity index (χ0v) is 19.5. The van der Waals surface area contributed by atoms with Crippen molar-refractivity contribution in [1.29, 1.82) is 0 Å². The van der Waals surface area contributed by atoms with Crippen LogP contribution in [0.3, 0.4) is 0 Å². The highest BCUT2D eigenvalue weighted by Gasteiger charge is 2.29. The van der Waals surface area contributed by atoms with E-state index >= 15 is 0 Å². The molecule has 34 heavy (non-hydrogen) atoms. The van der Waals surface area contributed by atoms with Crippen LogP contribution in [0.25, 0.3) is 0 Å². The number of nitrogens with two attached hydrogens (primary N) is 1. The molecule has 1 aromatic carbocycles. The second-order valence-electron chi connectivity index (χ2n) is 7.86. The lowest BCUT2D eigenvalue weighted by atomic mass is 9.97. The van der Waals surface area contributed by atoms with Crippen LogP contribution in [-0.2, 0) is 25.6 Å². The Balaban J connectivity index is 1.68. The third-order valence-electron chi connectivity index (χ3n) is 5.51. The third kappa shape index (κ3) is 6.81. The molecular weight excluding hydrogens is 444 g/mol. The fourth-order valence-electron chi connectivity index (χ4n) is 3.74. The van der Waals surface area contributed by atoms with E-state index in [1.54, 1.807) is 31.0 Å². The van der Waals surface area contributed by atoms with E-state index in [1.165, 1.54) is 0 Å². The summed E-state index contributed by atoms with van der Waals surface area (Å²) in [6.45, 7) is 4.42. The maximum absolute atomic E-state index is 12.0. The van der Waals surface area contributed by atoms with Crippen LogP contribution in [0.5, 0.6) is 5.75 Å². The van der Waals surface area contributed by atoms with Crippen molar-refractivity contribution in [3.05, 3.63) is 23.8 Å². The molecule has 3 rings (SSSR count). The summed E-state index contributed by atoms with van der Waals surface area (Å²) in [5.41, 5.74) is 7.04. The third-order valence-corrected chi connectivity index (χ3v) is 5.51. The van der Waals surface area contributed by atoms with E-state index in [0.717, 1.165) is 12.1 Å². The van der Waals surface area contributed by atoms with Crippen LogP contribution in [0.2, 0.25) is 0 Å². The number of nitrogens with one attached hydrogen (secondary N) is 3. The highest BCUT2D eigenvalue weighted by Crippen LogP contribution is 2.30. The number of fused-ring (bicyclic) bond motifs is 1. The smallest absolute Gasteiger partial charge is 0.413 e. The van der Waals surface area contributed by atoms with Crippen LogP contribution in [0.15, 0.2) is 23.2 Å². The van der Waals surface area contributed by atoms with Gasteiger partial charge in [0.1, 0.15) is 12.3 Å². The minimum atomic E-state index is -0.657. The molecule has 0 saturated carbocycles. The second kappa shape index (κ2) is 12.2. The Bertz CT molecular complexity index is 917. The Hall–Kier alpha value is -3.38. The number of alkyl carbamates (subject to hydrolysis) is 1. The van der Waals surface area contributed by atoms with Gasteiger partial charge in [0, 0.05) is 32.7 Å². The number of nitrogens with zero attached hydrogens (tertiary/aromatic N) is 2. The Morgan fingerprint density at radius 3 is 2.88 bits per heavy atom. The number of hydrogen-bond acceptors (Lipinski definition) is 9. The van der Waals surface area contributed by atoms with E-state index in [1.807, 2.05) is 6.07 Å². The van der Waals surface area contributed by atoms with Crippen LogP contribution in [0, 0.1) is 5.92 Å². The molecular formula is C22H32N6O6. The standard InChI is InChI=1S/C22H32N6O6/c1-3-32-22(31)27-21-26-17-10-15(5-4-14(17)12-28(21)13-19(29)24-2)33-8-6-16(20(23)30)18-11-25-7-9-34-18/h4-5,10,16,18,25H,3,6-9,11-13H2,1-2H3,(H2,23,30)(H,24,29)(H,26,27,31). The topological polar surface area (TPSA) is 157 Å². The van der Waals surface area contributed by atoms with Gasteiger partial charge < -0.3 is 35.5 Å². The number of amides is 3. The zero-order chi connectivity index (χ0) is 24.5. The van der Waals surface area contributed by atoms with Crippen LogP contribution in [-0.4, -0.2) is 81.4 Å². The summed E-state index contributed by atoms with van der Waals surface area (Å²) >= 11 is 0. The van der Waals surface area contributed by atoms with Crippen molar-refractivity contribution in [2.45, 2.75) is 26.0 Å². The summed E-state index contributed by atoms with van der Waals surface area (Å²) in [7, 11) is 1.54. The van der Waals surface area contributed by atoms with Gasteiger partial charge in [0.25, 0.3) is 0 Å². The van der Waals surface area contributed by atoms with Crippen molar-refractivity contribution in [3.63, 3.8) is 0 Å². The van der Waals surface area contributed by atoms with Crippen molar-refractivity contribution in [2.75, 3.05) is 46.5 Å². The Morgan fingerprint density at radius 1 is 1.38 bits per heavy atom. The molecule has 1 saturated heterocycles. The van der Waals surface area contributed by atoms with E-state index in [0.29, 0.717) is 37.6 Å². The van der Waals surface area contributed by atoms with Crippen LogP contribution >= 0.6 is 0 Å². The molecule has 12 nitrogen and oxygen atoms in total. The number of primary amides is 1. The number of hydrogen-bond donors (Lipinski definition) is 4. The number of ether oxygens (including phenoxy) is 3. The Kier molecular flexibility index (Phi) is 9.05. The van der Waals surface area contributed by atoms with Crippen LogP contribution in [0.1, 0.15) is 18.9 Å². The van der Waals surface area contributed by atoms with E-state index in [2.05, 4.69) is 20.9 Å². The fraction of sp³-hybridized carbons (Fsp3) is 0.545. The fourth-order valence-corrected chi connectivity index (χ4v) is 3.74. The highest BCUT2D eigenvalue weighted by atomic mass is 16.5. The van der Waals surface area contributed by atoms with Gasteiger partial charge in [-0.3, -0.25) is 14.9 Å². The molecule has 12 heteroatoms. The van der Waals surface area contributed by atoms with Crippen molar-refractivity contribution in [1.82, 2.24) is 20.9 Å². The molecule has 2 heterocycles. The number of carbonyl (C=O) groups is 3. The number of morpholine rings is 1. The summed E-state index contributed by atoms with van der Waals surface area (Å²) in [6.07, 6.45) is -0.515. The molecule has 1 aromatic rings. The molecule has 3 amide bonds. The van der Waals surface area contributed by atoms with Gasteiger partial charge in [-0.25, -0.2) is 9.79 Å². The SMILES string of the molecule is CCOC(=O)NC1=Nc2cc(OCCC(C(N)=O)C3CNCCO3)ccc2CN1CC(=O)NC. The maximum Gasteiger partial charge on any atom is 0.413 e. The van der Waals surface area contributed by atoms with Crippen LogP contribution in [0.4, 0.5) is 10.5 Å². The Morgan fingerprint density at radius 2 is 2.21 bits per heavy atom. The molecule has 0 bridgehead atoms. The molecule has 186 valence electrons. The molecule has 2 aliphatic heterocycles. The average Bonchev–Trinajstić information content (AvgIpc) is 2.82. The van der Waals surface area contributed by atoms with E-state index < -0.39 is 17.9 Å². The minimum absolute atomic E-state index is 0.0199. The minimum Gasteiger partial charge on any atom is -0.493 e. The lowest BCUT2D eigenvalue weighted by molar-refractivity contribution is -0.128. The molecule has 1 fully saturated rings. The van der Waals surface area contributed by atoms with Gasteiger partial charge in [-0.05, 0) is 25.0 Å². The normalized spacial score (nSPS) is 18.2. The van der Waals surface area contributed by atoms with Gasteiger partial charge in [-0.15, -0.1) is 0 Å². The molecule has 2 aliphatic rings. The molecule has 0 aromatic heterocycles. The first-order valence-corrected chi connectivity index (χ1v) is 11.3. The summed E-state index contributed by atoms with van der Waals surface area (Å²) < 4.78 is 16.5. The van der Waals surface area contributed by atoms with Crippen molar-refractivity contribution in [2.24, 2.45) is 16.6 Å². The van der Waals surface area contributed by atoms with Crippen molar-refractivity contribution < 1.29 is 28.6 Å². The molecule has 5 N–H and O–H groups in total. The van der Waals surface area contributed by atoms with Gasteiger partial charge in [0.05, 0.1) is 37.5 Å². The lowest BCUT2D eigenvalue weighted by Gasteiger charge is -2.30. The van der Waals surface area contributed by atoms with Gasteiger partial charge >= 0.3 is 6.09 Å². The lowest BCUT2D eigenvalue weighted by Crippen LogP contribution is -2.48. The molecule has 0 spiro atoms. The quantitative estimate of drug-likeness (QED) is 0.383. The first-order chi connectivity index (χ1) is 16.4. The number of aliphatic imine (C=N–C) groups is 1. The van der Waals surface area contributed by atoms with Gasteiger partial charge in [0.2, 0.25) is 17.8 Å². The first kappa shape index (κ1) is 25.2. The first-order valence-electron chi connectivity index (χ1n) is 11.3. The van der Waals surface area contributed by atoms with Gasteiger partial charge in [-0.1, -0.05) is 6.07 Å². The summed E-state index contributed by atoms with van der Waals surface area (Å²) in [6, 6.07) is 5.40. The number of benzene rings is 1. The largest absolute Gasteiger partial charge is 0.493 e. The van der Waals surface area contributed by atoms with Gasteiger partial charge in [0.15, 0.2) is 0 Å². The average molecular weight is 477 g/mol. The maximum atomic E-state index is 12.0. The van der Waals surface area contributed by atoms with E-state index in [9.17, 15) is 14.4 Å². The monoisotopic (exact) mass is 476 g/mol. The summed E-state index contributed by atoms with van der Waals surface area (Å²) in [5.74, 6) is -0.325. The number of carbonyl (C=O) groups excluding carboxylic acids is 3. The second-order valence-corrected chi connectivity index (χ2v) is 7.86. The van der Waals surface area contributed by atoms with Crippen molar-refractivity contribution >= 4 is 29.6 Å². The number of guanidine groups is 1. The predicted octanol–water partition coefficient (Wildman–Crippen LogP) is -0.159. The Labute approximate surface area is 198 Å². The highest BCUT2D eigenvalue weighted by molar-refractivity contribution is 5.98. The van der Waals surface area contributed by atoms with E-state index in [4.69, 9.17) is 19.9 Å². The molecule has 2 unspecified atom stereocenters. The molecule has 0 radical (unpaired) electrons. The number of likely N-dealkylation sites (N-methyl/N-ethyl adjacent to an activating group) is 1. The molecule has 0 aliphatic carbocycles. The zero-order valence-electron chi connectivity index (χ0n) is 19.5. The molecule has 2 atom stereocenters. The van der Waals surface area contributed by atoms with E-state index in [-0.39, 0.29) is 37.7 Å². The predicted molar refractivity (Wildman–Crippen MR) is 124 cm³/mol. The summed E-state index contributed by atoms with van der Waals surface area (Å²) in [5, 5.41) is 8.35. The summed E-state index contributed by atoms with van der Waals surface area (Å²) in [4.78, 5) is 41.9. The van der Waals surface area contributed by atoms with Crippen molar-refractivity contribution in [3.8, 4) is 5.75 Å². The van der Waals surface area contributed by atoms with Crippen LogP contribution < -0.4 is 26.4 Å². The number of rotatable bonds is 9.